The minimum atomic E-state index is -3.12. The van der Waals surface area contributed by atoms with Gasteiger partial charge in [-0.2, -0.15) is 9.97 Å². The fraction of sp³-hybridized carbons (Fsp3) is 0.421. The second-order valence-electron chi connectivity index (χ2n) is 7.20. The summed E-state index contributed by atoms with van der Waals surface area (Å²) in [5.41, 5.74) is 2.56. The van der Waals surface area contributed by atoms with Crippen LogP contribution < -0.4 is 4.90 Å². The van der Waals surface area contributed by atoms with Crippen molar-refractivity contribution in [3.05, 3.63) is 46.1 Å². The Bertz CT molecular complexity index is 1050. The third kappa shape index (κ3) is 3.81. The molecular weight excluding hydrogens is 426 g/mol. The van der Waals surface area contributed by atoms with Crippen molar-refractivity contribution >= 4 is 28.5 Å². The van der Waals surface area contributed by atoms with Gasteiger partial charge in [0.05, 0.1) is 12.1 Å². The molecule has 0 aliphatic carbocycles. The predicted octanol–water partition coefficient (Wildman–Crippen LogP) is 4.76. The molecule has 0 amide bonds. The lowest BCUT2D eigenvalue weighted by molar-refractivity contribution is 0.125. The van der Waals surface area contributed by atoms with Crippen molar-refractivity contribution in [2.24, 2.45) is 0 Å². The SMILES string of the molecule is C[C@H](O)C[C@H]1c2[nH]c3ccc(Cl)cc3c2CCN1c1nc(C(F)F)nc(C(F)F)n1. The molecule has 1 aromatic carbocycles. The predicted molar refractivity (Wildman–Crippen MR) is 103 cm³/mol. The zero-order valence-corrected chi connectivity index (χ0v) is 16.5. The van der Waals surface area contributed by atoms with E-state index in [4.69, 9.17) is 11.6 Å². The third-order valence-corrected chi connectivity index (χ3v) is 5.32. The summed E-state index contributed by atoms with van der Waals surface area (Å²) in [5.74, 6) is -2.26. The molecule has 2 atom stereocenters. The number of alkyl halides is 4. The Hall–Kier alpha value is -2.46. The van der Waals surface area contributed by atoms with Gasteiger partial charge in [-0.05, 0) is 43.5 Å². The highest BCUT2D eigenvalue weighted by molar-refractivity contribution is 6.31. The van der Waals surface area contributed by atoms with Gasteiger partial charge in [-0.25, -0.2) is 22.5 Å². The molecule has 1 aliphatic rings. The molecule has 0 unspecified atom stereocenters. The highest BCUT2D eigenvalue weighted by Crippen LogP contribution is 2.39. The fourth-order valence-electron chi connectivity index (χ4n) is 3.87. The van der Waals surface area contributed by atoms with E-state index >= 15 is 0 Å². The molecule has 30 heavy (non-hydrogen) atoms. The number of nitrogens with one attached hydrogen (secondary N) is 1. The van der Waals surface area contributed by atoms with Gasteiger partial charge in [0.25, 0.3) is 12.9 Å². The molecule has 0 fully saturated rings. The lowest BCUT2D eigenvalue weighted by atomic mass is 9.94. The van der Waals surface area contributed by atoms with Gasteiger partial charge in [0.1, 0.15) is 0 Å². The minimum absolute atomic E-state index is 0.216. The molecule has 3 heterocycles. The molecule has 160 valence electrons. The van der Waals surface area contributed by atoms with Gasteiger partial charge < -0.3 is 15.0 Å². The van der Waals surface area contributed by atoms with E-state index in [-0.39, 0.29) is 12.4 Å². The van der Waals surface area contributed by atoms with Crippen molar-refractivity contribution in [3.8, 4) is 0 Å². The molecule has 3 aromatic rings. The number of hydrogen-bond acceptors (Lipinski definition) is 5. The monoisotopic (exact) mass is 443 g/mol. The Balaban J connectivity index is 1.84. The zero-order chi connectivity index (χ0) is 21.6. The Morgan fingerprint density at radius 1 is 1.17 bits per heavy atom. The number of halogens is 5. The van der Waals surface area contributed by atoms with Gasteiger partial charge in [-0.15, -0.1) is 0 Å². The molecular formula is C19H18ClF4N5O. The molecule has 1 aliphatic heterocycles. The number of fused-ring (bicyclic) bond motifs is 3. The van der Waals surface area contributed by atoms with Crippen LogP contribution in [0.2, 0.25) is 5.02 Å². The number of rotatable bonds is 5. The molecule has 2 aromatic heterocycles. The number of anilines is 1. The Labute approximate surface area is 173 Å². The smallest absolute Gasteiger partial charge is 0.297 e. The highest BCUT2D eigenvalue weighted by atomic mass is 35.5. The zero-order valence-electron chi connectivity index (χ0n) is 15.8. The number of benzene rings is 1. The Morgan fingerprint density at radius 2 is 1.83 bits per heavy atom. The number of aliphatic hydroxyl groups excluding tert-OH is 1. The van der Waals surface area contributed by atoms with E-state index in [0.29, 0.717) is 18.0 Å². The molecule has 0 bridgehead atoms. The van der Waals surface area contributed by atoms with Crippen molar-refractivity contribution in [1.29, 1.82) is 0 Å². The topological polar surface area (TPSA) is 77.9 Å². The van der Waals surface area contributed by atoms with Crippen molar-refractivity contribution in [3.63, 3.8) is 0 Å². The minimum Gasteiger partial charge on any atom is -0.393 e. The molecule has 0 spiro atoms. The van der Waals surface area contributed by atoms with Crippen LogP contribution in [-0.2, 0) is 6.42 Å². The Kier molecular flexibility index (Phi) is 5.54. The van der Waals surface area contributed by atoms with E-state index < -0.39 is 36.6 Å². The van der Waals surface area contributed by atoms with E-state index in [2.05, 4.69) is 19.9 Å². The van der Waals surface area contributed by atoms with Crippen LogP contribution >= 0.6 is 11.6 Å². The lowest BCUT2D eigenvalue weighted by Crippen LogP contribution is -2.38. The lowest BCUT2D eigenvalue weighted by Gasteiger charge is -2.36. The van der Waals surface area contributed by atoms with Crippen molar-refractivity contribution in [2.45, 2.75) is 44.8 Å². The van der Waals surface area contributed by atoms with Crippen molar-refractivity contribution < 1.29 is 22.7 Å². The number of hydrogen-bond donors (Lipinski definition) is 2. The largest absolute Gasteiger partial charge is 0.393 e. The van der Waals surface area contributed by atoms with E-state index in [1.165, 1.54) is 0 Å². The van der Waals surface area contributed by atoms with E-state index in [9.17, 15) is 22.7 Å². The molecule has 0 radical (unpaired) electrons. The highest BCUT2D eigenvalue weighted by Gasteiger charge is 2.34. The van der Waals surface area contributed by atoms with E-state index in [1.54, 1.807) is 17.9 Å². The number of nitrogens with zero attached hydrogens (tertiary/aromatic N) is 4. The standard InChI is InChI=1S/C19H18ClF4N5O/c1-8(30)6-13-14-10(11-7-9(20)2-3-12(11)25-14)4-5-29(13)19-27-17(15(21)22)26-18(28-19)16(23)24/h2-3,7-8,13,15-16,25,30H,4-6H2,1H3/t8-,13-/m0/s1. The number of aromatic amines is 1. The van der Waals surface area contributed by atoms with Gasteiger partial charge in [-0.3, -0.25) is 0 Å². The Morgan fingerprint density at radius 3 is 2.43 bits per heavy atom. The first-order chi connectivity index (χ1) is 14.2. The third-order valence-electron chi connectivity index (χ3n) is 5.08. The first-order valence-electron chi connectivity index (χ1n) is 9.31. The summed E-state index contributed by atoms with van der Waals surface area (Å²) in [6, 6.07) is 4.86. The van der Waals surface area contributed by atoms with Gasteiger partial charge in [-0.1, -0.05) is 11.6 Å². The second-order valence-corrected chi connectivity index (χ2v) is 7.64. The maximum Gasteiger partial charge on any atom is 0.297 e. The second kappa shape index (κ2) is 7.99. The summed E-state index contributed by atoms with van der Waals surface area (Å²) in [5, 5.41) is 11.5. The molecule has 11 heteroatoms. The van der Waals surface area contributed by atoms with Crippen LogP contribution in [0.25, 0.3) is 10.9 Å². The summed E-state index contributed by atoms with van der Waals surface area (Å²) >= 11 is 6.12. The molecule has 6 nitrogen and oxygen atoms in total. The fourth-order valence-corrected chi connectivity index (χ4v) is 4.04. The van der Waals surface area contributed by atoms with E-state index in [1.807, 2.05) is 12.1 Å². The normalized spacial score (nSPS) is 17.8. The molecule has 0 saturated heterocycles. The van der Waals surface area contributed by atoms with Crippen LogP contribution in [0.5, 0.6) is 0 Å². The van der Waals surface area contributed by atoms with Crippen LogP contribution in [0.15, 0.2) is 18.2 Å². The summed E-state index contributed by atoms with van der Waals surface area (Å²) < 4.78 is 52.8. The van der Waals surface area contributed by atoms with Crippen LogP contribution in [0.4, 0.5) is 23.5 Å². The summed E-state index contributed by atoms with van der Waals surface area (Å²) in [6.45, 7) is 1.88. The molecule has 0 saturated carbocycles. The van der Waals surface area contributed by atoms with Crippen molar-refractivity contribution in [2.75, 3.05) is 11.4 Å². The average Bonchev–Trinajstić information content (AvgIpc) is 3.05. The molecule has 2 N–H and O–H groups in total. The quantitative estimate of drug-likeness (QED) is 0.556. The van der Waals surface area contributed by atoms with Gasteiger partial charge in [0.2, 0.25) is 17.6 Å². The first kappa shape index (κ1) is 20.8. The maximum absolute atomic E-state index is 13.2. The first-order valence-corrected chi connectivity index (χ1v) is 9.69. The van der Waals surface area contributed by atoms with Crippen LogP contribution in [0.1, 0.15) is 55.1 Å². The van der Waals surface area contributed by atoms with E-state index in [0.717, 1.165) is 22.2 Å². The maximum atomic E-state index is 13.2. The summed E-state index contributed by atoms with van der Waals surface area (Å²) in [4.78, 5) is 15.5. The summed E-state index contributed by atoms with van der Waals surface area (Å²) in [7, 11) is 0. The number of aromatic nitrogens is 4. The van der Waals surface area contributed by atoms with Crippen LogP contribution in [0, 0.1) is 0 Å². The summed E-state index contributed by atoms with van der Waals surface area (Å²) in [6.07, 6.45) is -6.27. The van der Waals surface area contributed by atoms with Gasteiger partial charge in [0, 0.05) is 28.2 Å². The van der Waals surface area contributed by atoms with Crippen molar-refractivity contribution in [1.82, 2.24) is 19.9 Å². The van der Waals surface area contributed by atoms with Crippen LogP contribution in [-0.4, -0.2) is 37.7 Å². The molecule has 4 rings (SSSR count). The number of H-pyrrole nitrogens is 1. The van der Waals surface area contributed by atoms with Gasteiger partial charge >= 0.3 is 0 Å². The number of aliphatic hydroxyl groups is 1. The van der Waals surface area contributed by atoms with Gasteiger partial charge in [0.15, 0.2) is 0 Å². The van der Waals surface area contributed by atoms with Crippen LogP contribution in [0.3, 0.4) is 0 Å². The average molecular weight is 444 g/mol.